The third-order valence-corrected chi connectivity index (χ3v) is 4.30. The number of nitrogens with zero attached hydrogens (tertiary/aromatic N) is 2. The first-order valence-electron chi connectivity index (χ1n) is 8.20. The summed E-state index contributed by atoms with van der Waals surface area (Å²) in [6.07, 6.45) is 0.458. The van der Waals surface area contributed by atoms with Crippen LogP contribution in [-0.2, 0) is 18.3 Å². The number of aromatic nitrogens is 3. The minimum atomic E-state index is -0.377. The van der Waals surface area contributed by atoms with E-state index in [9.17, 15) is 14.7 Å². The van der Waals surface area contributed by atoms with Crippen LogP contribution in [-0.4, -0.2) is 38.4 Å². The van der Waals surface area contributed by atoms with Crippen LogP contribution in [0.1, 0.15) is 37.1 Å². The van der Waals surface area contributed by atoms with Crippen LogP contribution < -0.4 is 10.9 Å². The Bertz CT molecular complexity index is 804. The summed E-state index contributed by atoms with van der Waals surface area (Å²) < 4.78 is 1.60. The van der Waals surface area contributed by atoms with Gasteiger partial charge in [0.1, 0.15) is 0 Å². The SMILES string of the molecule is Cc1nc2c(c(C)c1CC(=O)NCC(C)CC(C)O)c(=O)[nH]n2C. The van der Waals surface area contributed by atoms with E-state index < -0.39 is 0 Å². The van der Waals surface area contributed by atoms with E-state index in [-0.39, 0.29) is 29.9 Å². The Labute approximate surface area is 141 Å². The standard InChI is InChI=1S/C17H26N4O3/c1-9(6-10(2)22)8-18-14(23)7-13-11(3)15-16(19-12(13)4)21(5)20-17(15)24/h9-10,22H,6-8H2,1-5H3,(H,18,23)(H,20,24). The van der Waals surface area contributed by atoms with E-state index in [1.54, 1.807) is 18.7 Å². The lowest BCUT2D eigenvalue weighted by Crippen LogP contribution is -2.31. The average molecular weight is 334 g/mol. The lowest BCUT2D eigenvalue weighted by molar-refractivity contribution is -0.120. The van der Waals surface area contributed by atoms with Crippen LogP contribution >= 0.6 is 0 Å². The highest BCUT2D eigenvalue weighted by Gasteiger charge is 2.17. The monoisotopic (exact) mass is 334 g/mol. The Morgan fingerprint density at radius 3 is 2.67 bits per heavy atom. The molecule has 0 aliphatic rings. The summed E-state index contributed by atoms with van der Waals surface area (Å²) in [5, 5.41) is 15.5. The molecule has 0 bridgehead atoms. The molecule has 2 aromatic heterocycles. The summed E-state index contributed by atoms with van der Waals surface area (Å²) in [5.74, 6) is 0.0980. The highest BCUT2D eigenvalue weighted by atomic mass is 16.3. The predicted molar refractivity (Wildman–Crippen MR) is 93.0 cm³/mol. The number of aryl methyl sites for hydroxylation is 3. The van der Waals surface area contributed by atoms with Crippen LogP contribution in [0.15, 0.2) is 4.79 Å². The lowest BCUT2D eigenvalue weighted by atomic mass is 10.0. The highest BCUT2D eigenvalue weighted by Crippen LogP contribution is 2.20. The van der Waals surface area contributed by atoms with E-state index in [4.69, 9.17) is 0 Å². The van der Waals surface area contributed by atoms with E-state index >= 15 is 0 Å². The minimum Gasteiger partial charge on any atom is -0.393 e. The fourth-order valence-corrected chi connectivity index (χ4v) is 3.09. The number of aromatic amines is 1. The van der Waals surface area contributed by atoms with Gasteiger partial charge < -0.3 is 10.4 Å². The van der Waals surface area contributed by atoms with E-state index in [0.717, 1.165) is 16.8 Å². The van der Waals surface area contributed by atoms with Gasteiger partial charge in [-0.1, -0.05) is 6.92 Å². The molecule has 0 spiro atoms. The number of carbonyl (C=O) groups is 1. The first kappa shape index (κ1) is 18.2. The Balaban J connectivity index is 2.16. The molecule has 0 saturated heterocycles. The van der Waals surface area contributed by atoms with Gasteiger partial charge in [-0.15, -0.1) is 0 Å². The molecule has 0 saturated carbocycles. The number of hydrogen-bond acceptors (Lipinski definition) is 4. The smallest absolute Gasteiger partial charge is 0.273 e. The van der Waals surface area contributed by atoms with Crippen molar-refractivity contribution in [3.8, 4) is 0 Å². The van der Waals surface area contributed by atoms with Gasteiger partial charge in [-0.05, 0) is 44.2 Å². The maximum atomic E-state index is 12.2. The fraction of sp³-hybridized carbons (Fsp3) is 0.588. The molecule has 2 aromatic rings. The number of hydrogen-bond donors (Lipinski definition) is 3. The van der Waals surface area contributed by atoms with E-state index in [0.29, 0.717) is 24.0 Å². The average Bonchev–Trinajstić information content (AvgIpc) is 2.75. The summed E-state index contributed by atoms with van der Waals surface area (Å²) in [5.41, 5.74) is 2.75. The third kappa shape index (κ3) is 3.84. The van der Waals surface area contributed by atoms with Gasteiger partial charge in [0.05, 0.1) is 17.9 Å². The van der Waals surface area contributed by atoms with Crippen LogP contribution in [0, 0.1) is 19.8 Å². The second-order valence-corrected chi connectivity index (χ2v) is 6.67. The number of fused-ring (bicyclic) bond motifs is 1. The van der Waals surface area contributed by atoms with Gasteiger partial charge in [0.25, 0.3) is 5.56 Å². The second kappa shape index (κ2) is 7.17. The number of amides is 1. The molecule has 2 atom stereocenters. The fourth-order valence-electron chi connectivity index (χ4n) is 3.09. The summed E-state index contributed by atoms with van der Waals surface area (Å²) >= 11 is 0. The molecule has 2 rings (SSSR count). The molecular weight excluding hydrogens is 308 g/mol. The molecule has 2 unspecified atom stereocenters. The van der Waals surface area contributed by atoms with Gasteiger partial charge in [0.15, 0.2) is 5.65 Å². The normalized spacial score (nSPS) is 13.9. The van der Waals surface area contributed by atoms with Gasteiger partial charge in [0.2, 0.25) is 5.91 Å². The van der Waals surface area contributed by atoms with E-state index in [2.05, 4.69) is 15.4 Å². The Kier molecular flexibility index (Phi) is 5.43. The van der Waals surface area contributed by atoms with Gasteiger partial charge >= 0.3 is 0 Å². The van der Waals surface area contributed by atoms with Gasteiger partial charge in [-0.3, -0.25) is 19.4 Å². The first-order valence-corrected chi connectivity index (χ1v) is 8.20. The molecule has 7 nitrogen and oxygen atoms in total. The van der Waals surface area contributed by atoms with Gasteiger partial charge in [-0.25, -0.2) is 4.98 Å². The van der Waals surface area contributed by atoms with Crippen molar-refractivity contribution in [2.75, 3.05) is 6.54 Å². The van der Waals surface area contributed by atoms with Crippen molar-refractivity contribution in [2.45, 2.75) is 46.6 Å². The number of H-pyrrole nitrogens is 1. The minimum absolute atomic E-state index is 0.104. The second-order valence-electron chi connectivity index (χ2n) is 6.67. The van der Waals surface area contributed by atoms with Crippen molar-refractivity contribution >= 4 is 16.9 Å². The number of aliphatic hydroxyl groups is 1. The molecule has 24 heavy (non-hydrogen) atoms. The summed E-state index contributed by atoms with van der Waals surface area (Å²) in [6, 6.07) is 0. The van der Waals surface area contributed by atoms with E-state index in [1.807, 2.05) is 20.8 Å². The molecule has 3 N–H and O–H groups in total. The van der Waals surface area contributed by atoms with Gasteiger partial charge in [-0.2, -0.15) is 0 Å². The van der Waals surface area contributed by atoms with Crippen molar-refractivity contribution in [1.82, 2.24) is 20.1 Å². The van der Waals surface area contributed by atoms with Gasteiger partial charge in [0, 0.05) is 19.3 Å². The molecule has 2 heterocycles. The van der Waals surface area contributed by atoms with Crippen LogP contribution in [0.2, 0.25) is 0 Å². The first-order chi connectivity index (χ1) is 11.2. The molecule has 7 heteroatoms. The largest absolute Gasteiger partial charge is 0.393 e. The van der Waals surface area contributed by atoms with Crippen LogP contribution in [0.25, 0.3) is 11.0 Å². The summed E-state index contributed by atoms with van der Waals surface area (Å²) in [7, 11) is 1.74. The maximum Gasteiger partial charge on any atom is 0.273 e. The number of aliphatic hydroxyl groups excluding tert-OH is 1. The molecule has 0 aliphatic carbocycles. The van der Waals surface area contributed by atoms with Crippen molar-refractivity contribution in [3.63, 3.8) is 0 Å². The molecule has 0 radical (unpaired) electrons. The Morgan fingerprint density at radius 2 is 2.04 bits per heavy atom. The van der Waals surface area contributed by atoms with Crippen LogP contribution in [0.4, 0.5) is 0 Å². The molecule has 132 valence electrons. The Morgan fingerprint density at radius 1 is 1.38 bits per heavy atom. The summed E-state index contributed by atoms with van der Waals surface area (Å²) in [4.78, 5) is 28.8. The van der Waals surface area contributed by atoms with Crippen molar-refractivity contribution in [2.24, 2.45) is 13.0 Å². The zero-order chi connectivity index (χ0) is 18.0. The summed E-state index contributed by atoms with van der Waals surface area (Å²) in [6.45, 7) is 7.95. The number of pyridine rings is 1. The molecular formula is C17H26N4O3. The lowest BCUT2D eigenvalue weighted by Gasteiger charge is -2.15. The third-order valence-electron chi connectivity index (χ3n) is 4.30. The predicted octanol–water partition coefficient (Wildman–Crippen LogP) is 0.944. The van der Waals surface area contributed by atoms with Crippen LogP contribution in [0.5, 0.6) is 0 Å². The maximum absolute atomic E-state index is 12.2. The number of nitrogens with one attached hydrogen (secondary N) is 2. The Hall–Kier alpha value is -2.15. The molecule has 0 fully saturated rings. The molecule has 0 aliphatic heterocycles. The van der Waals surface area contributed by atoms with Crippen molar-refractivity contribution < 1.29 is 9.90 Å². The quantitative estimate of drug-likeness (QED) is 0.732. The van der Waals surface area contributed by atoms with Crippen molar-refractivity contribution in [1.29, 1.82) is 0 Å². The zero-order valence-electron chi connectivity index (χ0n) is 14.9. The highest BCUT2D eigenvalue weighted by molar-refractivity contribution is 5.84. The zero-order valence-corrected chi connectivity index (χ0v) is 14.9. The van der Waals surface area contributed by atoms with Crippen LogP contribution in [0.3, 0.4) is 0 Å². The van der Waals surface area contributed by atoms with Crippen molar-refractivity contribution in [3.05, 3.63) is 27.2 Å². The topological polar surface area (TPSA) is 100 Å². The number of rotatable bonds is 6. The molecule has 1 amide bonds. The number of carbonyl (C=O) groups excluding carboxylic acids is 1. The van der Waals surface area contributed by atoms with E-state index in [1.165, 1.54) is 0 Å². The molecule has 0 aromatic carbocycles.